The quantitative estimate of drug-likeness (QED) is 0.298. The Kier molecular flexibility index (Phi) is 7.68. The summed E-state index contributed by atoms with van der Waals surface area (Å²) in [6, 6.07) is 19.2. The van der Waals surface area contributed by atoms with Gasteiger partial charge in [0.05, 0.1) is 16.8 Å². The Labute approximate surface area is 192 Å². The molecule has 0 aliphatic rings. The molecule has 6 nitrogen and oxygen atoms in total. The lowest BCUT2D eigenvalue weighted by Gasteiger charge is -2.11. The van der Waals surface area contributed by atoms with E-state index >= 15 is 0 Å². The highest BCUT2D eigenvalue weighted by Crippen LogP contribution is 2.36. The number of carbonyl (C=O) groups is 2. The van der Waals surface area contributed by atoms with Crippen LogP contribution in [0.25, 0.3) is 0 Å². The molecule has 170 valence electrons. The summed E-state index contributed by atoms with van der Waals surface area (Å²) >= 11 is 5.54. The van der Waals surface area contributed by atoms with Crippen LogP contribution in [-0.4, -0.2) is 18.0 Å². The molecule has 0 aliphatic heterocycles. The molecule has 2 N–H and O–H groups in total. The summed E-state index contributed by atoms with van der Waals surface area (Å²) in [4.78, 5) is 24.0. The zero-order chi connectivity index (χ0) is 23.8. The maximum Gasteiger partial charge on any atom is 0.417 e. The summed E-state index contributed by atoms with van der Waals surface area (Å²) in [7, 11) is 0. The number of hydrogen-bond acceptors (Lipinski definition) is 4. The Balaban J connectivity index is 1.60. The molecule has 0 heterocycles. The third kappa shape index (κ3) is 6.81. The van der Waals surface area contributed by atoms with Crippen molar-refractivity contribution in [2.75, 3.05) is 5.32 Å². The van der Waals surface area contributed by atoms with Crippen LogP contribution in [-0.2, 0) is 22.4 Å². The minimum atomic E-state index is -4.71. The van der Waals surface area contributed by atoms with E-state index in [0.29, 0.717) is 24.0 Å². The molecule has 0 aliphatic carbocycles. The van der Waals surface area contributed by atoms with E-state index in [0.717, 1.165) is 17.7 Å². The molecule has 0 fully saturated rings. The van der Waals surface area contributed by atoms with Gasteiger partial charge in [0.2, 0.25) is 0 Å². The van der Waals surface area contributed by atoms with Gasteiger partial charge in [0, 0.05) is 11.3 Å². The van der Waals surface area contributed by atoms with Gasteiger partial charge in [-0.2, -0.15) is 18.3 Å². The fraction of sp³-hybridized carbons (Fsp3) is 0.0870. The van der Waals surface area contributed by atoms with Crippen molar-refractivity contribution in [2.24, 2.45) is 5.10 Å². The topological polar surface area (TPSA) is 79.8 Å². The van der Waals surface area contributed by atoms with E-state index < -0.39 is 28.6 Å². The summed E-state index contributed by atoms with van der Waals surface area (Å²) in [6.07, 6.45) is -3.42. The first-order chi connectivity index (χ1) is 15.7. The highest BCUT2D eigenvalue weighted by Gasteiger charge is 2.33. The smallest absolute Gasteiger partial charge is 0.417 e. The van der Waals surface area contributed by atoms with E-state index in [9.17, 15) is 22.8 Å². The van der Waals surface area contributed by atoms with Crippen LogP contribution in [0.3, 0.4) is 0 Å². The molecule has 0 aromatic heterocycles. The van der Waals surface area contributed by atoms with Crippen molar-refractivity contribution in [3.05, 3.63) is 94.5 Å². The fourth-order valence-corrected chi connectivity index (χ4v) is 2.90. The van der Waals surface area contributed by atoms with Gasteiger partial charge in [-0.3, -0.25) is 9.59 Å². The van der Waals surface area contributed by atoms with Crippen LogP contribution in [0.15, 0.2) is 77.9 Å². The van der Waals surface area contributed by atoms with Crippen molar-refractivity contribution in [2.45, 2.75) is 12.8 Å². The molecule has 3 aromatic rings. The monoisotopic (exact) mass is 475 g/mol. The van der Waals surface area contributed by atoms with Crippen molar-refractivity contribution in [3.8, 4) is 5.75 Å². The number of halogens is 4. The first kappa shape index (κ1) is 23.8. The molecular formula is C23H17ClF3N3O3. The number of hydrazone groups is 1. The number of nitrogens with one attached hydrogen (secondary N) is 2. The number of amides is 2. The highest BCUT2D eigenvalue weighted by atomic mass is 35.5. The van der Waals surface area contributed by atoms with Crippen LogP contribution < -0.4 is 15.5 Å². The fourth-order valence-electron chi connectivity index (χ4n) is 2.67. The number of nitrogens with zero attached hydrogens (tertiary/aromatic N) is 1. The van der Waals surface area contributed by atoms with Gasteiger partial charge in [-0.15, -0.1) is 0 Å². The Morgan fingerprint density at radius 1 is 0.970 bits per heavy atom. The summed E-state index contributed by atoms with van der Waals surface area (Å²) in [5, 5.41) is 5.27. The number of hydrogen-bond donors (Lipinski definition) is 2. The van der Waals surface area contributed by atoms with Crippen LogP contribution in [0.2, 0.25) is 5.02 Å². The highest BCUT2D eigenvalue weighted by molar-refractivity contribution is 6.39. The summed E-state index contributed by atoms with van der Waals surface area (Å²) in [6.45, 7) is 0.321. The molecule has 0 saturated carbocycles. The predicted octanol–water partition coefficient (Wildman–Crippen LogP) is 5.03. The van der Waals surface area contributed by atoms with Gasteiger partial charge in [-0.1, -0.05) is 54.1 Å². The summed E-state index contributed by atoms with van der Waals surface area (Å²) in [5.41, 5.74) is 2.16. The predicted molar refractivity (Wildman–Crippen MR) is 118 cm³/mol. The Morgan fingerprint density at radius 2 is 1.67 bits per heavy atom. The Bertz CT molecular complexity index is 1170. The summed E-state index contributed by atoms with van der Waals surface area (Å²) in [5.74, 6) is -1.86. The lowest BCUT2D eigenvalue weighted by Crippen LogP contribution is -2.32. The van der Waals surface area contributed by atoms with Gasteiger partial charge < -0.3 is 10.1 Å². The first-order valence-corrected chi connectivity index (χ1v) is 9.89. The van der Waals surface area contributed by atoms with E-state index in [1.54, 1.807) is 24.3 Å². The Morgan fingerprint density at radius 3 is 2.39 bits per heavy atom. The van der Waals surface area contributed by atoms with Crippen molar-refractivity contribution in [1.82, 2.24) is 5.43 Å². The van der Waals surface area contributed by atoms with Crippen LogP contribution in [0.4, 0.5) is 18.9 Å². The largest absolute Gasteiger partial charge is 0.488 e. The van der Waals surface area contributed by atoms with Gasteiger partial charge in [0.1, 0.15) is 12.4 Å². The van der Waals surface area contributed by atoms with Crippen LogP contribution in [0, 0.1) is 0 Å². The zero-order valence-electron chi connectivity index (χ0n) is 16.9. The number of ether oxygens (including phenoxy) is 1. The number of carbonyl (C=O) groups excluding carboxylic acids is 2. The van der Waals surface area contributed by atoms with Gasteiger partial charge in [-0.05, 0) is 35.9 Å². The van der Waals surface area contributed by atoms with Gasteiger partial charge in [0.15, 0.2) is 0 Å². The second-order valence-electron chi connectivity index (χ2n) is 6.66. The molecular weight excluding hydrogens is 459 g/mol. The zero-order valence-corrected chi connectivity index (χ0v) is 17.7. The van der Waals surface area contributed by atoms with Crippen molar-refractivity contribution >= 4 is 35.3 Å². The standard InChI is InChI=1S/C23H17ClF3N3O3/c24-19-11-10-17(12-18(19)23(25,26)27)29-21(31)22(32)30-28-13-16-8-4-5-9-20(16)33-14-15-6-2-1-3-7-15/h1-13H,14H2,(H,29,31)(H,30,32)/b28-13-. The van der Waals surface area contributed by atoms with Crippen molar-refractivity contribution in [3.63, 3.8) is 0 Å². The molecule has 10 heteroatoms. The summed E-state index contributed by atoms with van der Waals surface area (Å²) < 4.78 is 44.6. The molecule has 3 aromatic carbocycles. The van der Waals surface area contributed by atoms with Gasteiger partial charge >= 0.3 is 18.0 Å². The molecule has 0 atom stereocenters. The molecule has 0 radical (unpaired) electrons. The van der Waals surface area contributed by atoms with E-state index in [4.69, 9.17) is 16.3 Å². The maximum atomic E-state index is 12.9. The molecule has 0 saturated heterocycles. The number of para-hydroxylation sites is 1. The Hall–Kier alpha value is -3.85. The molecule has 33 heavy (non-hydrogen) atoms. The lowest BCUT2D eigenvalue weighted by molar-refractivity contribution is -0.137. The van der Waals surface area contributed by atoms with Gasteiger partial charge in [0.25, 0.3) is 0 Å². The second-order valence-corrected chi connectivity index (χ2v) is 7.06. The number of alkyl halides is 3. The second kappa shape index (κ2) is 10.6. The van der Waals surface area contributed by atoms with Gasteiger partial charge in [-0.25, -0.2) is 5.43 Å². The molecule has 0 bridgehead atoms. The minimum Gasteiger partial charge on any atom is -0.488 e. The van der Waals surface area contributed by atoms with Crippen LogP contribution in [0.1, 0.15) is 16.7 Å². The van der Waals surface area contributed by atoms with Crippen molar-refractivity contribution < 1.29 is 27.5 Å². The lowest BCUT2D eigenvalue weighted by atomic mass is 10.2. The van der Waals surface area contributed by atoms with E-state index in [-0.39, 0.29) is 5.69 Å². The first-order valence-electron chi connectivity index (χ1n) is 9.51. The minimum absolute atomic E-state index is 0.240. The molecule has 2 amide bonds. The van der Waals surface area contributed by atoms with Crippen LogP contribution in [0.5, 0.6) is 5.75 Å². The number of benzene rings is 3. The third-order valence-corrected chi connectivity index (χ3v) is 4.59. The van der Waals surface area contributed by atoms with E-state index in [1.165, 1.54) is 6.21 Å². The van der Waals surface area contributed by atoms with E-state index in [2.05, 4.69) is 10.4 Å². The average Bonchev–Trinajstić information content (AvgIpc) is 2.79. The number of anilines is 1. The molecule has 0 unspecified atom stereocenters. The maximum absolute atomic E-state index is 12.9. The third-order valence-electron chi connectivity index (χ3n) is 4.26. The SMILES string of the molecule is O=C(N/N=C\c1ccccc1OCc1ccccc1)C(=O)Nc1ccc(Cl)c(C(F)(F)F)c1. The van der Waals surface area contributed by atoms with Crippen LogP contribution >= 0.6 is 11.6 Å². The van der Waals surface area contributed by atoms with Crippen molar-refractivity contribution in [1.29, 1.82) is 0 Å². The average molecular weight is 476 g/mol. The normalized spacial score (nSPS) is 11.3. The van der Waals surface area contributed by atoms with E-state index in [1.807, 2.05) is 35.8 Å². The molecule has 0 spiro atoms. The number of rotatable bonds is 6. The molecule has 3 rings (SSSR count).